The minimum absolute atomic E-state index is 0.292. The van der Waals surface area contributed by atoms with Crippen molar-refractivity contribution in [2.45, 2.75) is 25.9 Å². The van der Waals surface area contributed by atoms with Gasteiger partial charge in [0.1, 0.15) is 0 Å². The minimum Gasteiger partial charge on any atom is -0.328 e. The highest BCUT2D eigenvalue weighted by molar-refractivity contribution is 5.01. The van der Waals surface area contributed by atoms with Gasteiger partial charge in [0, 0.05) is 12.1 Å². The molecule has 1 aliphatic carbocycles. The molecule has 0 spiro atoms. The molecule has 0 aliphatic heterocycles. The average molecular weight is 114 g/mol. The lowest BCUT2D eigenvalue weighted by Gasteiger charge is -1.98. The van der Waals surface area contributed by atoms with E-state index in [9.17, 15) is 0 Å². The summed E-state index contributed by atoms with van der Waals surface area (Å²) in [5, 5.41) is 0. The fourth-order valence-electron chi connectivity index (χ4n) is 1.36. The van der Waals surface area contributed by atoms with E-state index in [1.807, 2.05) is 6.92 Å². The topological polar surface area (TPSA) is 52.0 Å². The standard InChI is InChI=1S/C6H14N2/c1-3-5(4(2)7)6(3)8/h3-6H,7-8H2,1-2H3/t3?,4-,5?,6?/m0/s1. The molecule has 48 valence electrons. The van der Waals surface area contributed by atoms with Crippen molar-refractivity contribution in [3.05, 3.63) is 0 Å². The van der Waals surface area contributed by atoms with Crippen molar-refractivity contribution >= 4 is 0 Å². The number of hydrogen-bond donors (Lipinski definition) is 2. The van der Waals surface area contributed by atoms with Crippen molar-refractivity contribution in [2.75, 3.05) is 0 Å². The van der Waals surface area contributed by atoms with Crippen LogP contribution in [-0.2, 0) is 0 Å². The molecule has 2 heteroatoms. The van der Waals surface area contributed by atoms with E-state index in [-0.39, 0.29) is 0 Å². The lowest BCUT2D eigenvalue weighted by atomic mass is 10.2. The van der Waals surface area contributed by atoms with Crippen molar-refractivity contribution in [3.8, 4) is 0 Å². The van der Waals surface area contributed by atoms with Crippen LogP contribution < -0.4 is 11.5 Å². The van der Waals surface area contributed by atoms with E-state index in [1.165, 1.54) is 0 Å². The van der Waals surface area contributed by atoms with E-state index in [0.29, 0.717) is 23.9 Å². The maximum absolute atomic E-state index is 5.63. The van der Waals surface area contributed by atoms with Gasteiger partial charge in [-0.1, -0.05) is 6.92 Å². The Balaban J connectivity index is 2.33. The first kappa shape index (κ1) is 6.05. The highest BCUT2D eigenvalue weighted by atomic mass is 14.8. The minimum atomic E-state index is 0.292. The van der Waals surface area contributed by atoms with Gasteiger partial charge in [-0.3, -0.25) is 0 Å². The molecule has 0 radical (unpaired) electrons. The van der Waals surface area contributed by atoms with Gasteiger partial charge in [-0.15, -0.1) is 0 Å². The Morgan fingerprint density at radius 3 is 1.88 bits per heavy atom. The quantitative estimate of drug-likeness (QED) is 0.501. The highest BCUT2D eigenvalue weighted by Gasteiger charge is 2.45. The zero-order chi connectivity index (χ0) is 6.31. The lowest BCUT2D eigenvalue weighted by Crippen LogP contribution is -2.21. The van der Waals surface area contributed by atoms with Gasteiger partial charge in [0.15, 0.2) is 0 Å². The summed E-state index contributed by atoms with van der Waals surface area (Å²) in [7, 11) is 0. The van der Waals surface area contributed by atoms with Gasteiger partial charge in [-0.2, -0.15) is 0 Å². The summed E-state index contributed by atoms with van der Waals surface area (Å²) in [5.41, 5.74) is 11.2. The summed E-state index contributed by atoms with van der Waals surface area (Å²) in [6.07, 6.45) is 0. The molecule has 0 aromatic heterocycles. The van der Waals surface area contributed by atoms with E-state index < -0.39 is 0 Å². The molecule has 3 unspecified atom stereocenters. The van der Waals surface area contributed by atoms with Crippen LogP contribution in [0.1, 0.15) is 13.8 Å². The molecule has 4 atom stereocenters. The van der Waals surface area contributed by atoms with Crippen LogP contribution in [-0.4, -0.2) is 12.1 Å². The third-order valence-corrected chi connectivity index (χ3v) is 2.12. The predicted octanol–water partition coefficient (Wildman–Crippen LogP) is -0.0732. The molecular weight excluding hydrogens is 100 g/mol. The second-order valence-electron chi connectivity index (χ2n) is 2.87. The molecule has 1 rings (SSSR count). The smallest absolute Gasteiger partial charge is 0.0115 e. The molecule has 2 nitrogen and oxygen atoms in total. The monoisotopic (exact) mass is 114 g/mol. The summed E-state index contributed by atoms with van der Waals surface area (Å²) in [6.45, 7) is 4.17. The van der Waals surface area contributed by atoms with Gasteiger partial charge in [0.05, 0.1) is 0 Å². The number of rotatable bonds is 1. The van der Waals surface area contributed by atoms with Crippen molar-refractivity contribution in [1.82, 2.24) is 0 Å². The summed E-state index contributed by atoms with van der Waals surface area (Å²) in [6, 6.07) is 0.676. The average Bonchev–Trinajstić information content (AvgIpc) is 2.15. The summed E-state index contributed by atoms with van der Waals surface area (Å²) < 4.78 is 0. The summed E-state index contributed by atoms with van der Waals surface area (Å²) >= 11 is 0. The molecule has 0 aromatic carbocycles. The number of nitrogens with two attached hydrogens (primary N) is 2. The molecule has 1 fully saturated rings. The molecule has 8 heavy (non-hydrogen) atoms. The van der Waals surface area contributed by atoms with Crippen LogP contribution >= 0.6 is 0 Å². The second-order valence-corrected chi connectivity index (χ2v) is 2.87. The van der Waals surface area contributed by atoms with Crippen molar-refractivity contribution < 1.29 is 0 Å². The van der Waals surface area contributed by atoms with Crippen LogP contribution in [0.15, 0.2) is 0 Å². The van der Waals surface area contributed by atoms with Crippen LogP contribution in [0.5, 0.6) is 0 Å². The van der Waals surface area contributed by atoms with Crippen LogP contribution in [0.2, 0.25) is 0 Å². The predicted molar refractivity (Wildman–Crippen MR) is 34.3 cm³/mol. The second kappa shape index (κ2) is 1.71. The molecular formula is C6H14N2. The molecule has 0 saturated heterocycles. The van der Waals surface area contributed by atoms with Gasteiger partial charge in [-0.05, 0) is 18.8 Å². The highest BCUT2D eigenvalue weighted by Crippen LogP contribution is 2.38. The van der Waals surface area contributed by atoms with Gasteiger partial charge in [-0.25, -0.2) is 0 Å². The van der Waals surface area contributed by atoms with Gasteiger partial charge >= 0.3 is 0 Å². The normalized spacial score (nSPS) is 48.8. The molecule has 1 aliphatic rings. The molecule has 0 amide bonds. The first-order valence-corrected chi connectivity index (χ1v) is 3.15. The molecule has 1 saturated carbocycles. The Morgan fingerprint density at radius 1 is 1.50 bits per heavy atom. The van der Waals surface area contributed by atoms with Crippen LogP contribution in [0.25, 0.3) is 0 Å². The molecule has 0 bridgehead atoms. The van der Waals surface area contributed by atoms with Crippen molar-refractivity contribution in [3.63, 3.8) is 0 Å². The van der Waals surface area contributed by atoms with Gasteiger partial charge < -0.3 is 11.5 Å². The fraction of sp³-hybridized carbons (Fsp3) is 1.00. The van der Waals surface area contributed by atoms with Crippen molar-refractivity contribution in [1.29, 1.82) is 0 Å². The summed E-state index contributed by atoms with van der Waals surface area (Å²) in [4.78, 5) is 0. The van der Waals surface area contributed by atoms with E-state index in [1.54, 1.807) is 0 Å². The van der Waals surface area contributed by atoms with E-state index in [0.717, 1.165) is 0 Å². The van der Waals surface area contributed by atoms with Gasteiger partial charge in [0.2, 0.25) is 0 Å². The molecule has 4 N–H and O–H groups in total. The zero-order valence-corrected chi connectivity index (χ0v) is 5.46. The van der Waals surface area contributed by atoms with Crippen LogP contribution in [0.3, 0.4) is 0 Å². The molecule has 0 aromatic rings. The Hall–Kier alpha value is -0.0800. The Morgan fingerprint density at radius 2 is 1.88 bits per heavy atom. The Labute approximate surface area is 50.2 Å². The van der Waals surface area contributed by atoms with Gasteiger partial charge in [0.25, 0.3) is 0 Å². The largest absolute Gasteiger partial charge is 0.328 e. The van der Waals surface area contributed by atoms with Crippen LogP contribution in [0.4, 0.5) is 0 Å². The summed E-state index contributed by atoms with van der Waals surface area (Å²) in [5.74, 6) is 1.25. The third-order valence-electron chi connectivity index (χ3n) is 2.12. The van der Waals surface area contributed by atoms with E-state index in [2.05, 4.69) is 6.92 Å². The SMILES string of the molecule is CC1C(N)C1[C@H](C)N. The van der Waals surface area contributed by atoms with Crippen molar-refractivity contribution in [2.24, 2.45) is 23.3 Å². The lowest BCUT2D eigenvalue weighted by molar-refractivity contribution is 0.601. The maximum atomic E-state index is 5.63. The third kappa shape index (κ3) is 0.740. The maximum Gasteiger partial charge on any atom is 0.0115 e. The van der Waals surface area contributed by atoms with E-state index in [4.69, 9.17) is 11.5 Å². The Bertz CT molecular complexity index is 75.8. The zero-order valence-electron chi connectivity index (χ0n) is 5.46. The Kier molecular flexibility index (Phi) is 1.29. The number of hydrogen-bond acceptors (Lipinski definition) is 2. The van der Waals surface area contributed by atoms with E-state index >= 15 is 0 Å². The first-order chi connectivity index (χ1) is 3.64. The molecule has 0 heterocycles. The first-order valence-electron chi connectivity index (χ1n) is 3.15. The van der Waals surface area contributed by atoms with Crippen LogP contribution in [0, 0.1) is 11.8 Å². The fourth-order valence-corrected chi connectivity index (χ4v) is 1.36.